The number of rotatable bonds is 5. The van der Waals surface area contributed by atoms with E-state index in [1.54, 1.807) is 7.11 Å². The second-order valence-corrected chi connectivity index (χ2v) is 6.64. The maximum atomic E-state index is 12.2. The fraction of sp³-hybridized carbons (Fsp3) is 0.611. The Hall–Kier alpha value is -1.47. The van der Waals surface area contributed by atoms with Gasteiger partial charge in [-0.05, 0) is 24.0 Å². The van der Waals surface area contributed by atoms with Crippen LogP contribution in [0.2, 0.25) is 0 Å². The SMILES string of the molecule is COCCOCC(=O)N1CCC2(CC1)c1ccccc1[C@@H](N)[C@@H]2O. The average Bonchev–Trinajstić information content (AvgIpc) is 2.82. The summed E-state index contributed by atoms with van der Waals surface area (Å²) in [6, 6.07) is 7.67. The second-order valence-electron chi connectivity index (χ2n) is 6.64. The van der Waals surface area contributed by atoms with Crippen LogP contribution in [0.1, 0.15) is 30.0 Å². The lowest BCUT2D eigenvalue weighted by Crippen LogP contribution is -2.50. The minimum atomic E-state index is -0.592. The fourth-order valence-electron chi connectivity index (χ4n) is 4.03. The third-order valence-electron chi connectivity index (χ3n) is 5.43. The van der Waals surface area contributed by atoms with Gasteiger partial charge in [0.1, 0.15) is 6.61 Å². The molecule has 6 nitrogen and oxygen atoms in total. The van der Waals surface area contributed by atoms with Gasteiger partial charge in [-0.3, -0.25) is 4.79 Å². The lowest BCUT2D eigenvalue weighted by Gasteiger charge is -2.42. The van der Waals surface area contributed by atoms with Gasteiger partial charge in [0.2, 0.25) is 5.91 Å². The van der Waals surface area contributed by atoms with Gasteiger partial charge in [-0.1, -0.05) is 24.3 Å². The molecule has 3 rings (SSSR count). The Labute approximate surface area is 142 Å². The van der Waals surface area contributed by atoms with E-state index in [4.69, 9.17) is 15.2 Å². The lowest BCUT2D eigenvalue weighted by atomic mass is 9.72. The first-order chi connectivity index (χ1) is 11.6. The molecule has 6 heteroatoms. The van der Waals surface area contributed by atoms with E-state index in [2.05, 4.69) is 6.07 Å². The molecule has 2 aliphatic rings. The van der Waals surface area contributed by atoms with Crippen LogP contribution >= 0.6 is 0 Å². The van der Waals surface area contributed by atoms with Gasteiger partial charge in [-0.2, -0.15) is 0 Å². The van der Waals surface area contributed by atoms with E-state index in [9.17, 15) is 9.90 Å². The zero-order valence-corrected chi connectivity index (χ0v) is 14.1. The van der Waals surface area contributed by atoms with Gasteiger partial charge in [0.25, 0.3) is 0 Å². The average molecular weight is 334 g/mol. The molecule has 24 heavy (non-hydrogen) atoms. The summed E-state index contributed by atoms with van der Waals surface area (Å²) < 4.78 is 10.2. The molecule has 0 radical (unpaired) electrons. The fourth-order valence-corrected chi connectivity index (χ4v) is 4.03. The number of amides is 1. The van der Waals surface area contributed by atoms with Crippen LogP contribution in [0.3, 0.4) is 0 Å². The maximum Gasteiger partial charge on any atom is 0.248 e. The van der Waals surface area contributed by atoms with Gasteiger partial charge < -0.3 is 25.2 Å². The molecule has 1 aliphatic heterocycles. The minimum absolute atomic E-state index is 0.00831. The van der Waals surface area contributed by atoms with E-state index in [0.717, 1.165) is 24.0 Å². The molecule has 1 saturated heterocycles. The van der Waals surface area contributed by atoms with Crippen LogP contribution in [0, 0.1) is 0 Å². The molecule has 1 fully saturated rings. The van der Waals surface area contributed by atoms with Crippen molar-refractivity contribution in [3.63, 3.8) is 0 Å². The first-order valence-electron chi connectivity index (χ1n) is 8.47. The summed E-state index contributed by atoms with van der Waals surface area (Å²) in [5, 5.41) is 10.8. The van der Waals surface area contributed by atoms with Crippen LogP contribution in [0.15, 0.2) is 24.3 Å². The predicted molar refractivity (Wildman–Crippen MR) is 89.6 cm³/mol. The first-order valence-corrected chi connectivity index (χ1v) is 8.47. The van der Waals surface area contributed by atoms with E-state index in [1.165, 1.54) is 0 Å². The first kappa shape index (κ1) is 17.4. The van der Waals surface area contributed by atoms with Crippen molar-refractivity contribution in [1.29, 1.82) is 0 Å². The highest BCUT2D eigenvalue weighted by molar-refractivity contribution is 5.77. The summed E-state index contributed by atoms with van der Waals surface area (Å²) in [5.41, 5.74) is 8.07. The Morgan fingerprint density at radius 2 is 2.04 bits per heavy atom. The van der Waals surface area contributed by atoms with E-state index in [0.29, 0.717) is 26.3 Å². The van der Waals surface area contributed by atoms with Gasteiger partial charge in [-0.15, -0.1) is 0 Å². The predicted octanol–water partition coefficient (Wildman–Crippen LogP) is 0.584. The van der Waals surface area contributed by atoms with Crippen LogP contribution in [0.5, 0.6) is 0 Å². The minimum Gasteiger partial charge on any atom is -0.390 e. The lowest BCUT2D eigenvalue weighted by molar-refractivity contribution is -0.139. The van der Waals surface area contributed by atoms with Crippen LogP contribution in [-0.2, 0) is 19.7 Å². The van der Waals surface area contributed by atoms with Crippen LogP contribution in [0.25, 0.3) is 0 Å². The molecule has 0 bridgehead atoms. The summed E-state index contributed by atoms with van der Waals surface area (Å²) in [5.74, 6) is -0.00831. The van der Waals surface area contributed by atoms with E-state index < -0.39 is 6.10 Å². The summed E-state index contributed by atoms with van der Waals surface area (Å²) >= 11 is 0. The number of ether oxygens (including phenoxy) is 2. The number of nitrogens with zero attached hydrogens (tertiary/aromatic N) is 1. The third-order valence-corrected chi connectivity index (χ3v) is 5.43. The number of aliphatic hydroxyl groups is 1. The zero-order valence-electron chi connectivity index (χ0n) is 14.1. The van der Waals surface area contributed by atoms with E-state index in [1.807, 2.05) is 23.1 Å². The Kier molecular flexibility index (Phi) is 5.20. The summed E-state index contributed by atoms with van der Waals surface area (Å²) in [7, 11) is 1.60. The zero-order chi connectivity index (χ0) is 17.2. The number of hydrogen-bond acceptors (Lipinski definition) is 5. The highest BCUT2D eigenvalue weighted by atomic mass is 16.5. The smallest absolute Gasteiger partial charge is 0.248 e. The molecule has 2 atom stereocenters. The number of benzene rings is 1. The Bertz CT molecular complexity index is 584. The van der Waals surface area contributed by atoms with Gasteiger partial charge in [0, 0.05) is 25.6 Å². The number of hydrogen-bond donors (Lipinski definition) is 2. The van der Waals surface area contributed by atoms with Crippen molar-refractivity contribution in [3.05, 3.63) is 35.4 Å². The van der Waals surface area contributed by atoms with Crippen LogP contribution in [0.4, 0.5) is 0 Å². The number of methoxy groups -OCH3 is 1. The quantitative estimate of drug-likeness (QED) is 0.770. The van der Waals surface area contributed by atoms with Crippen molar-refractivity contribution in [1.82, 2.24) is 4.90 Å². The third kappa shape index (κ3) is 2.95. The number of likely N-dealkylation sites (tertiary alicyclic amines) is 1. The largest absolute Gasteiger partial charge is 0.390 e. The Morgan fingerprint density at radius 3 is 2.75 bits per heavy atom. The summed E-state index contributed by atoms with van der Waals surface area (Å²) in [4.78, 5) is 14.0. The molecule has 1 aromatic rings. The summed E-state index contributed by atoms with van der Waals surface area (Å²) in [6.45, 7) is 2.21. The number of nitrogens with two attached hydrogens (primary N) is 1. The van der Waals surface area contributed by atoms with Crippen molar-refractivity contribution >= 4 is 5.91 Å². The number of fused-ring (bicyclic) bond motifs is 2. The van der Waals surface area contributed by atoms with Crippen LogP contribution < -0.4 is 5.73 Å². The number of aliphatic hydroxyl groups excluding tert-OH is 1. The maximum absolute atomic E-state index is 12.2. The molecule has 0 aromatic heterocycles. The summed E-state index contributed by atoms with van der Waals surface area (Å²) in [6.07, 6.45) is 0.857. The number of carbonyl (C=O) groups excluding carboxylic acids is 1. The highest BCUT2D eigenvalue weighted by Crippen LogP contribution is 2.49. The molecule has 3 N–H and O–H groups in total. The van der Waals surface area contributed by atoms with E-state index in [-0.39, 0.29) is 24.0 Å². The molecule has 132 valence electrons. The van der Waals surface area contributed by atoms with Crippen molar-refractivity contribution < 1.29 is 19.4 Å². The van der Waals surface area contributed by atoms with Gasteiger partial charge in [0.15, 0.2) is 0 Å². The topological polar surface area (TPSA) is 85.0 Å². The molecule has 1 amide bonds. The van der Waals surface area contributed by atoms with E-state index >= 15 is 0 Å². The molecular formula is C18H26N2O4. The Morgan fingerprint density at radius 1 is 1.33 bits per heavy atom. The van der Waals surface area contributed by atoms with Crippen molar-refractivity contribution in [2.45, 2.75) is 30.4 Å². The van der Waals surface area contributed by atoms with Gasteiger partial charge >= 0.3 is 0 Å². The molecule has 1 spiro atoms. The number of piperidine rings is 1. The van der Waals surface area contributed by atoms with Crippen molar-refractivity contribution in [2.24, 2.45) is 5.73 Å². The second kappa shape index (κ2) is 7.19. The highest BCUT2D eigenvalue weighted by Gasteiger charge is 2.51. The standard InChI is InChI=1S/C18H26N2O4/c1-23-10-11-24-12-15(21)20-8-6-18(7-9-20)14-5-3-2-4-13(14)16(19)17(18)22/h2-5,16-17,22H,6-12,19H2,1H3/t16-,17+/m1/s1. The molecule has 1 aliphatic carbocycles. The van der Waals surface area contributed by atoms with Gasteiger partial charge in [0.05, 0.1) is 25.4 Å². The monoisotopic (exact) mass is 334 g/mol. The van der Waals surface area contributed by atoms with Crippen molar-refractivity contribution in [2.75, 3.05) is 40.0 Å². The molecule has 0 saturated carbocycles. The van der Waals surface area contributed by atoms with Gasteiger partial charge in [-0.25, -0.2) is 0 Å². The molecule has 1 heterocycles. The normalized spacial score (nSPS) is 25.0. The number of carbonyl (C=O) groups is 1. The van der Waals surface area contributed by atoms with Crippen molar-refractivity contribution in [3.8, 4) is 0 Å². The molecule has 1 aromatic carbocycles. The molecule has 0 unspecified atom stereocenters. The Balaban J connectivity index is 1.63. The molecular weight excluding hydrogens is 308 g/mol. The van der Waals surface area contributed by atoms with Crippen LogP contribution in [-0.4, -0.2) is 62.0 Å².